The molecule has 0 amide bonds. The molecule has 0 radical (unpaired) electrons. The molecule has 0 spiro atoms. The second-order valence-electron chi connectivity index (χ2n) is 8.20. The zero-order valence-electron chi connectivity index (χ0n) is 17.8. The predicted molar refractivity (Wildman–Crippen MR) is 106 cm³/mol. The number of hydrogen-bond acceptors (Lipinski definition) is 14. The highest BCUT2D eigenvalue weighted by Crippen LogP contribution is 2.27. The van der Waals surface area contributed by atoms with Crippen LogP contribution in [0.2, 0.25) is 0 Å². The van der Waals surface area contributed by atoms with Gasteiger partial charge in [-0.1, -0.05) is 6.08 Å². The molecule has 1 aliphatic carbocycles. The molecule has 1 saturated heterocycles. The maximum Gasteiger partial charge on any atom is 0.187 e. The molecule has 14 heteroatoms. The average molecular weight is 483 g/mol. The fraction of sp³-hybridized carbons (Fsp3) is 0.842. The lowest BCUT2D eigenvalue weighted by atomic mass is 9.86. The van der Waals surface area contributed by atoms with Crippen LogP contribution in [0.15, 0.2) is 11.6 Å². The van der Waals surface area contributed by atoms with Gasteiger partial charge in [-0.15, -0.1) is 0 Å². The molecule has 2 aliphatic rings. The van der Waals surface area contributed by atoms with Gasteiger partial charge in [0, 0.05) is 0 Å². The topological polar surface area (TPSA) is 250 Å². The standard InChI is InChI=1S/C19H33NO13/c1-6-11(20-8-2-7(3-21)12(26)16(30)13(8)27)15(29)17(31)19(32-6)33-18(10(25)5-23)14(28)9(24)4-22/h2,4,6,8-21,23-31H,3,5H2,1H3/t6-,8?,9+,10?,11?,12-,13+,14-,15+,16?,17?,18-,19?/m1/s1. The normalized spacial score (nSPS) is 41.1. The van der Waals surface area contributed by atoms with Crippen LogP contribution in [-0.2, 0) is 14.3 Å². The predicted octanol–water partition coefficient (Wildman–Crippen LogP) is -6.55. The second kappa shape index (κ2) is 12.0. The molecule has 11 N–H and O–H groups in total. The molecular formula is C19H33NO13. The summed E-state index contributed by atoms with van der Waals surface area (Å²) in [5, 5.41) is 102. The number of hydrogen-bond donors (Lipinski definition) is 11. The summed E-state index contributed by atoms with van der Waals surface area (Å²) in [5.41, 5.74) is 0.0366. The minimum atomic E-state index is -1.99. The second-order valence-corrected chi connectivity index (χ2v) is 8.20. The number of carbonyl (C=O) groups excluding carboxylic acids is 1. The van der Waals surface area contributed by atoms with E-state index in [9.17, 15) is 55.9 Å². The Hall–Kier alpha value is -1.11. The van der Waals surface area contributed by atoms with E-state index in [-0.39, 0.29) is 11.9 Å². The van der Waals surface area contributed by atoms with Gasteiger partial charge in [0.1, 0.15) is 54.9 Å². The third-order valence-electron chi connectivity index (χ3n) is 5.92. The average Bonchev–Trinajstić information content (AvgIpc) is 2.81. The molecular weight excluding hydrogens is 450 g/mol. The van der Waals surface area contributed by atoms with Gasteiger partial charge in [0.05, 0.1) is 31.4 Å². The van der Waals surface area contributed by atoms with Crippen molar-refractivity contribution < 1.29 is 65.3 Å². The summed E-state index contributed by atoms with van der Waals surface area (Å²) in [7, 11) is 0. The van der Waals surface area contributed by atoms with E-state index < -0.39 is 92.6 Å². The van der Waals surface area contributed by atoms with Crippen LogP contribution in [0.25, 0.3) is 0 Å². The van der Waals surface area contributed by atoms with Crippen molar-refractivity contribution in [2.75, 3.05) is 13.2 Å². The minimum Gasteiger partial charge on any atom is -0.394 e. The lowest BCUT2D eigenvalue weighted by Crippen LogP contribution is -2.67. The Morgan fingerprint density at radius 3 is 2.24 bits per heavy atom. The Balaban J connectivity index is 2.16. The number of carbonyl (C=O) groups is 1. The van der Waals surface area contributed by atoms with Crippen molar-refractivity contribution in [2.45, 2.75) is 86.3 Å². The molecule has 33 heavy (non-hydrogen) atoms. The van der Waals surface area contributed by atoms with E-state index in [0.717, 1.165) is 0 Å². The number of aldehydes is 1. The molecule has 0 aromatic rings. The Kier molecular flexibility index (Phi) is 10.3. The highest BCUT2D eigenvalue weighted by atomic mass is 16.7. The molecule has 1 aliphatic heterocycles. The molecule has 0 bridgehead atoms. The van der Waals surface area contributed by atoms with Crippen LogP contribution in [-0.4, -0.2) is 150 Å². The Bertz CT molecular complexity index is 666. The molecule has 2 rings (SSSR count). The molecule has 0 saturated carbocycles. The monoisotopic (exact) mass is 483 g/mol. The number of aliphatic hydroxyl groups excluding tert-OH is 10. The maximum atomic E-state index is 10.8. The van der Waals surface area contributed by atoms with Crippen LogP contribution in [0.1, 0.15) is 6.92 Å². The summed E-state index contributed by atoms with van der Waals surface area (Å²) in [6, 6.07) is -2.11. The van der Waals surface area contributed by atoms with Gasteiger partial charge in [-0.25, -0.2) is 0 Å². The zero-order chi connectivity index (χ0) is 25.0. The smallest absolute Gasteiger partial charge is 0.187 e. The lowest BCUT2D eigenvalue weighted by Gasteiger charge is -2.45. The quantitative estimate of drug-likeness (QED) is 0.102. The number of ether oxygens (including phenoxy) is 2. The first-order valence-electron chi connectivity index (χ1n) is 10.4. The molecule has 1 fully saturated rings. The first-order valence-corrected chi connectivity index (χ1v) is 10.4. The largest absolute Gasteiger partial charge is 0.394 e. The van der Waals surface area contributed by atoms with Crippen molar-refractivity contribution in [3.63, 3.8) is 0 Å². The Morgan fingerprint density at radius 2 is 1.70 bits per heavy atom. The fourth-order valence-electron chi connectivity index (χ4n) is 3.87. The van der Waals surface area contributed by atoms with Crippen LogP contribution in [0, 0.1) is 0 Å². The van der Waals surface area contributed by atoms with E-state index in [0.29, 0.717) is 0 Å². The van der Waals surface area contributed by atoms with E-state index in [1.54, 1.807) is 0 Å². The maximum absolute atomic E-state index is 10.8. The summed E-state index contributed by atoms with van der Waals surface area (Å²) >= 11 is 0. The fourth-order valence-corrected chi connectivity index (χ4v) is 3.87. The van der Waals surface area contributed by atoms with Crippen molar-refractivity contribution in [3.05, 3.63) is 11.6 Å². The van der Waals surface area contributed by atoms with Crippen LogP contribution < -0.4 is 5.32 Å². The lowest BCUT2D eigenvalue weighted by molar-refractivity contribution is -0.306. The van der Waals surface area contributed by atoms with Crippen molar-refractivity contribution in [2.24, 2.45) is 0 Å². The van der Waals surface area contributed by atoms with E-state index in [1.165, 1.54) is 13.0 Å². The molecule has 13 atom stereocenters. The summed E-state index contributed by atoms with van der Waals surface area (Å²) in [4.78, 5) is 10.8. The molecule has 0 aromatic heterocycles. The molecule has 6 unspecified atom stereocenters. The van der Waals surface area contributed by atoms with Crippen LogP contribution >= 0.6 is 0 Å². The summed E-state index contributed by atoms with van der Waals surface area (Å²) in [6.45, 7) is -0.0649. The first-order chi connectivity index (χ1) is 15.5. The van der Waals surface area contributed by atoms with Crippen molar-refractivity contribution in [1.82, 2.24) is 5.32 Å². The molecule has 14 nitrogen and oxygen atoms in total. The molecule has 0 aromatic carbocycles. The van der Waals surface area contributed by atoms with Crippen LogP contribution in [0.5, 0.6) is 0 Å². The van der Waals surface area contributed by atoms with Gasteiger partial charge in [-0.05, 0) is 12.5 Å². The summed E-state index contributed by atoms with van der Waals surface area (Å²) in [6.07, 6.45) is -16.9. The third kappa shape index (κ3) is 6.12. The van der Waals surface area contributed by atoms with Gasteiger partial charge in [0.25, 0.3) is 0 Å². The summed E-state index contributed by atoms with van der Waals surface area (Å²) in [5.74, 6) is 0. The molecule has 192 valence electrons. The first kappa shape index (κ1) is 28.1. The van der Waals surface area contributed by atoms with Crippen molar-refractivity contribution >= 4 is 6.29 Å². The van der Waals surface area contributed by atoms with Gasteiger partial charge in [-0.3, -0.25) is 0 Å². The van der Waals surface area contributed by atoms with Gasteiger partial charge >= 0.3 is 0 Å². The number of nitrogens with one attached hydrogen (secondary N) is 1. The van der Waals surface area contributed by atoms with E-state index in [4.69, 9.17) is 9.47 Å². The van der Waals surface area contributed by atoms with Crippen LogP contribution in [0.4, 0.5) is 0 Å². The summed E-state index contributed by atoms with van der Waals surface area (Å²) < 4.78 is 10.8. The third-order valence-corrected chi connectivity index (χ3v) is 5.92. The van der Waals surface area contributed by atoms with E-state index in [1.807, 2.05) is 0 Å². The highest BCUT2D eigenvalue weighted by molar-refractivity contribution is 5.56. The van der Waals surface area contributed by atoms with Crippen LogP contribution in [0.3, 0.4) is 0 Å². The van der Waals surface area contributed by atoms with Crippen molar-refractivity contribution in [3.8, 4) is 0 Å². The Morgan fingerprint density at radius 1 is 1.06 bits per heavy atom. The number of aliphatic hydroxyl groups is 10. The van der Waals surface area contributed by atoms with Gasteiger partial charge < -0.3 is 70.7 Å². The SMILES string of the molecule is C[C@H]1OC(O[C@H](C(O)CO)[C@H](O)[C@@H](O)C=O)C(O)[C@@H](O)C1NC1C=C(CO)[C@@H](O)C(O)[C@H]1O. The number of rotatable bonds is 10. The minimum absolute atomic E-state index is 0.0182. The highest BCUT2D eigenvalue weighted by Gasteiger charge is 2.48. The van der Waals surface area contributed by atoms with Gasteiger partial charge in [0.2, 0.25) is 0 Å². The molecule has 1 heterocycles. The van der Waals surface area contributed by atoms with Gasteiger partial charge in [-0.2, -0.15) is 0 Å². The Labute approximate surface area is 188 Å². The van der Waals surface area contributed by atoms with Gasteiger partial charge in [0.15, 0.2) is 12.6 Å². The van der Waals surface area contributed by atoms with Crippen molar-refractivity contribution in [1.29, 1.82) is 0 Å². The zero-order valence-corrected chi connectivity index (χ0v) is 17.8. The van der Waals surface area contributed by atoms with E-state index >= 15 is 0 Å². The van der Waals surface area contributed by atoms with E-state index in [2.05, 4.69) is 5.32 Å².